The summed E-state index contributed by atoms with van der Waals surface area (Å²) in [5.41, 5.74) is 3.68. The molecule has 1 unspecified atom stereocenters. The molecular formula is C16H19N3O9. The Bertz CT molecular complexity index is 850. The molecule has 1 aromatic rings. The number of aromatic nitrogens is 2. The molecule has 2 N–H and O–H groups in total. The molecule has 12 heteroatoms. The highest BCUT2D eigenvalue weighted by molar-refractivity contribution is 5.90. The Morgan fingerprint density at radius 1 is 1.11 bits per heavy atom. The van der Waals surface area contributed by atoms with Crippen LogP contribution in [0.15, 0.2) is 17.2 Å². The molecule has 1 fully saturated rings. The highest BCUT2D eigenvalue weighted by Gasteiger charge is 2.51. The van der Waals surface area contributed by atoms with Crippen LogP contribution in [0.2, 0.25) is 0 Å². The second kappa shape index (κ2) is 8.61. The van der Waals surface area contributed by atoms with Crippen LogP contribution in [0.3, 0.4) is 0 Å². The van der Waals surface area contributed by atoms with E-state index >= 15 is 0 Å². The van der Waals surface area contributed by atoms with Crippen molar-refractivity contribution < 1.29 is 38.1 Å². The summed E-state index contributed by atoms with van der Waals surface area (Å²) in [4.78, 5) is 61.7. The van der Waals surface area contributed by atoms with Crippen LogP contribution in [0.25, 0.3) is 0 Å². The van der Waals surface area contributed by atoms with Crippen molar-refractivity contribution >= 4 is 23.8 Å². The first-order valence-electron chi connectivity index (χ1n) is 8.12. The molecule has 1 aliphatic heterocycles. The minimum Gasteiger partial charge on any atom is -0.463 e. The third-order valence-electron chi connectivity index (χ3n) is 3.72. The van der Waals surface area contributed by atoms with Gasteiger partial charge in [0.05, 0.1) is 0 Å². The number of carbonyl (C=O) groups is 4. The standard InChI is InChI=1S/C16H19N3O9/c1-7(20)25-6-10-12(26-8(2)21)13(27-9(3)22)16(28-10)19-5-4-18-11(14(17)23)15(19)24/h4-5,10,12-13,16H,6H2,1-3H3,(H2,17,23)/t10-,12-,13?,16-/m1/s1. The van der Waals surface area contributed by atoms with Crippen LogP contribution in [-0.4, -0.2) is 58.3 Å². The lowest BCUT2D eigenvalue weighted by Crippen LogP contribution is -2.42. The SMILES string of the molecule is CC(=O)OC[C@H]1O[C@@H](n2ccnc(C(N)=O)c2=O)C(OC(C)=O)[C@@H]1OC(C)=O. The van der Waals surface area contributed by atoms with Crippen LogP contribution in [0.5, 0.6) is 0 Å². The second-order valence-corrected chi connectivity index (χ2v) is 5.87. The lowest BCUT2D eigenvalue weighted by atomic mass is 10.1. The molecule has 0 aliphatic carbocycles. The van der Waals surface area contributed by atoms with Gasteiger partial charge in [-0.2, -0.15) is 0 Å². The number of nitrogens with two attached hydrogens (primary N) is 1. The molecule has 152 valence electrons. The normalized spacial score (nSPS) is 23.7. The second-order valence-electron chi connectivity index (χ2n) is 5.87. The zero-order valence-electron chi connectivity index (χ0n) is 15.3. The Labute approximate surface area is 158 Å². The first kappa shape index (κ1) is 21.0. The number of rotatable bonds is 6. The molecule has 0 aromatic carbocycles. The minimum absolute atomic E-state index is 0.329. The van der Waals surface area contributed by atoms with Crippen LogP contribution >= 0.6 is 0 Å². The summed E-state index contributed by atoms with van der Waals surface area (Å²) in [5.74, 6) is -3.12. The number of esters is 3. The summed E-state index contributed by atoms with van der Waals surface area (Å²) in [7, 11) is 0. The summed E-state index contributed by atoms with van der Waals surface area (Å²) >= 11 is 0. The summed E-state index contributed by atoms with van der Waals surface area (Å²) in [6.07, 6.45) is -2.45. The molecule has 1 amide bonds. The molecule has 28 heavy (non-hydrogen) atoms. The molecule has 4 atom stereocenters. The van der Waals surface area contributed by atoms with Crippen molar-refractivity contribution in [1.82, 2.24) is 9.55 Å². The summed E-state index contributed by atoms with van der Waals surface area (Å²) < 4.78 is 21.9. The van der Waals surface area contributed by atoms with Gasteiger partial charge in [-0.1, -0.05) is 0 Å². The fourth-order valence-corrected chi connectivity index (χ4v) is 2.71. The number of carbonyl (C=O) groups excluding carboxylic acids is 4. The lowest BCUT2D eigenvalue weighted by molar-refractivity contribution is -0.166. The van der Waals surface area contributed by atoms with Crippen LogP contribution < -0.4 is 11.3 Å². The topological polar surface area (TPSA) is 166 Å². The first-order valence-corrected chi connectivity index (χ1v) is 8.12. The summed E-state index contributed by atoms with van der Waals surface area (Å²) in [6.45, 7) is 3.09. The number of nitrogens with zero attached hydrogens (tertiary/aromatic N) is 2. The zero-order valence-corrected chi connectivity index (χ0v) is 15.3. The smallest absolute Gasteiger partial charge is 0.303 e. The number of hydrogen-bond acceptors (Lipinski definition) is 10. The largest absolute Gasteiger partial charge is 0.463 e. The molecule has 12 nitrogen and oxygen atoms in total. The molecule has 1 aromatic heterocycles. The van der Waals surface area contributed by atoms with Gasteiger partial charge in [-0.3, -0.25) is 28.5 Å². The Balaban J connectivity index is 2.48. The van der Waals surface area contributed by atoms with E-state index in [1.807, 2.05) is 0 Å². The Morgan fingerprint density at radius 3 is 2.25 bits per heavy atom. The van der Waals surface area contributed by atoms with E-state index in [4.69, 9.17) is 24.7 Å². The molecule has 0 radical (unpaired) electrons. The van der Waals surface area contributed by atoms with Crippen molar-refractivity contribution in [2.75, 3.05) is 6.61 Å². The molecule has 1 aliphatic rings. The molecule has 0 saturated carbocycles. The van der Waals surface area contributed by atoms with Gasteiger partial charge in [0.1, 0.15) is 12.7 Å². The molecular weight excluding hydrogens is 378 g/mol. The minimum atomic E-state index is -1.29. The predicted molar refractivity (Wildman–Crippen MR) is 88.7 cm³/mol. The Hall–Kier alpha value is -3.28. The maximum atomic E-state index is 12.5. The van der Waals surface area contributed by atoms with E-state index in [9.17, 15) is 24.0 Å². The quantitative estimate of drug-likeness (QED) is 0.448. The van der Waals surface area contributed by atoms with Crippen molar-refractivity contribution in [1.29, 1.82) is 0 Å². The van der Waals surface area contributed by atoms with Gasteiger partial charge in [-0.15, -0.1) is 0 Å². The maximum Gasteiger partial charge on any atom is 0.303 e. The van der Waals surface area contributed by atoms with E-state index in [-0.39, 0.29) is 6.61 Å². The first-order chi connectivity index (χ1) is 13.1. The highest BCUT2D eigenvalue weighted by atomic mass is 16.7. The van der Waals surface area contributed by atoms with Crippen LogP contribution in [0, 0.1) is 0 Å². The van der Waals surface area contributed by atoms with Crippen LogP contribution in [0.4, 0.5) is 0 Å². The van der Waals surface area contributed by atoms with Crippen molar-refractivity contribution in [3.8, 4) is 0 Å². The average molecular weight is 397 g/mol. The fraction of sp³-hybridized carbons (Fsp3) is 0.500. The average Bonchev–Trinajstić information content (AvgIpc) is 2.89. The highest BCUT2D eigenvalue weighted by Crippen LogP contribution is 2.33. The number of amides is 1. The number of ether oxygens (including phenoxy) is 4. The van der Waals surface area contributed by atoms with Gasteiger partial charge in [-0.25, -0.2) is 4.98 Å². The van der Waals surface area contributed by atoms with Gasteiger partial charge in [0.2, 0.25) is 0 Å². The van der Waals surface area contributed by atoms with E-state index in [2.05, 4.69) is 4.98 Å². The van der Waals surface area contributed by atoms with Crippen molar-refractivity contribution in [3.05, 3.63) is 28.4 Å². The van der Waals surface area contributed by atoms with E-state index in [1.165, 1.54) is 13.1 Å². The van der Waals surface area contributed by atoms with E-state index in [1.54, 1.807) is 0 Å². The fourth-order valence-electron chi connectivity index (χ4n) is 2.71. The number of hydrogen-bond donors (Lipinski definition) is 1. The van der Waals surface area contributed by atoms with E-state index in [0.717, 1.165) is 24.6 Å². The molecule has 1 saturated heterocycles. The zero-order chi connectivity index (χ0) is 21.0. The maximum absolute atomic E-state index is 12.5. The monoisotopic (exact) mass is 397 g/mol. The third kappa shape index (κ3) is 4.71. The van der Waals surface area contributed by atoms with Gasteiger partial charge in [0, 0.05) is 33.2 Å². The Morgan fingerprint density at radius 2 is 1.71 bits per heavy atom. The van der Waals surface area contributed by atoms with Crippen molar-refractivity contribution in [3.63, 3.8) is 0 Å². The van der Waals surface area contributed by atoms with Gasteiger partial charge in [0.25, 0.3) is 11.5 Å². The van der Waals surface area contributed by atoms with Crippen LogP contribution in [0.1, 0.15) is 37.5 Å². The van der Waals surface area contributed by atoms with Gasteiger partial charge in [-0.05, 0) is 0 Å². The molecule has 0 spiro atoms. The third-order valence-corrected chi connectivity index (χ3v) is 3.72. The lowest BCUT2D eigenvalue weighted by Gasteiger charge is -2.24. The summed E-state index contributed by atoms with van der Waals surface area (Å²) in [5, 5.41) is 0. The van der Waals surface area contributed by atoms with Gasteiger partial charge < -0.3 is 24.7 Å². The summed E-state index contributed by atoms with van der Waals surface area (Å²) in [6, 6.07) is 0. The number of primary amides is 1. The van der Waals surface area contributed by atoms with Gasteiger partial charge in [0.15, 0.2) is 24.1 Å². The predicted octanol–water partition coefficient (Wildman–Crippen LogP) is -1.33. The van der Waals surface area contributed by atoms with E-state index < -0.39 is 59.6 Å². The van der Waals surface area contributed by atoms with Crippen molar-refractivity contribution in [2.45, 2.75) is 45.3 Å². The van der Waals surface area contributed by atoms with Gasteiger partial charge >= 0.3 is 17.9 Å². The molecule has 2 heterocycles. The van der Waals surface area contributed by atoms with Crippen LogP contribution in [-0.2, 0) is 33.3 Å². The van der Waals surface area contributed by atoms with E-state index in [0.29, 0.717) is 0 Å². The Kier molecular flexibility index (Phi) is 6.46. The van der Waals surface area contributed by atoms with Crippen molar-refractivity contribution in [2.24, 2.45) is 5.73 Å². The molecule has 0 bridgehead atoms. The molecule has 2 rings (SSSR count).